The first-order valence-corrected chi connectivity index (χ1v) is 14.2. The summed E-state index contributed by atoms with van der Waals surface area (Å²) in [6.45, 7) is 16.4. The monoisotopic (exact) mass is 597 g/mol. The highest BCUT2D eigenvalue weighted by Crippen LogP contribution is 2.31. The number of carboxylic acids is 1. The van der Waals surface area contributed by atoms with Gasteiger partial charge in [-0.25, -0.2) is 14.4 Å². The fourth-order valence-corrected chi connectivity index (χ4v) is 3.02. The van der Waals surface area contributed by atoms with Crippen LogP contribution in [0.5, 0.6) is 11.5 Å². The molecule has 1 aromatic rings. The molecule has 3 atom stereocenters. The molecule has 0 spiro atoms. The van der Waals surface area contributed by atoms with Crippen molar-refractivity contribution in [2.45, 2.75) is 111 Å². The van der Waals surface area contributed by atoms with Gasteiger partial charge in [0.2, 0.25) is 0 Å². The Morgan fingerprint density at radius 3 is 1.90 bits per heavy atom. The van der Waals surface area contributed by atoms with Crippen LogP contribution in [-0.4, -0.2) is 66.0 Å². The van der Waals surface area contributed by atoms with Gasteiger partial charge in [-0.2, -0.15) is 0 Å². The number of carbonyl (C=O) groups is 4. The van der Waals surface area contributed by atoms with Crippen molar-refractivity contribution in [3.05, 3.63) is 23.8 Å². The van der Waals surface area contributed by atoms with E-state index in [4.69, 9.17) is 28.4 Å². The Bertz CT molecular complexity index is 1050. The molecule has 0 saturated heterocycles. The van der Waals surface area contributed by atoms with E-state index >= 15 is 0 Å². The molecule has 0 heterocycles. The number of hydrogen-bond donors (Lipinski definition) is 2. The first-order valence-electron chi connectivity index (χ1n) is 14.2. The van der Waals surface area contributed by atoms with E-state index in [2.05, 4.69) is 5.32 Å². The minimum absolute atomic E-state index is 0.0391. The molecule has 0 aliphatic heterocycles. The van der Waals surface area contributed by atoms with Crippen molar-refractivity contribution in [3.8, 4) is 11.5 Å². The zero-order valence-corrected chi connectivity index (χ0v) is 26.2. The minimum atomic E-state index is -1.15. The first kappa shape index (κ1) is 36.5. The molecule has 0 fully saturated rings. The zero-order valence-electron chi connectivity index (χ0n) is 26.2. The van der Waals surface area contributed by atoms with Crippen LogP contribution in [0.15, 0.2) is 18.2 Å². The van der Waals surface area contributed by atoms with Crippen molar-refractivity contribution in [1.82, 2.24) is 5.32 Å². The topological polar surface area (TPSA) is 156 Å². The van der Waals surface area contributed by atoms with Gasteiger partial charge in [-0.15, -0.1) is 0 Å². The van der Waals surface area contributed by atoms with E-state index in [0.717, 1.165) is 6.42 Å². The van der Waals surface area contributed by atoms with Crippen LogP contribution >= 0.6 is 0 Å². The average molecular weight is 598 g/mol. The van der Waals surface area contributed by atoms with Crippen molar-refractivity contribution in [2.24, 2.45) is 5.92 Å². The maximum atomic E-state index is 12.5. The Hall–Kier alpha value is -3.54. The Labute approximate surface area is 248 Å². The van der Waals surface area contributed by atoms with Crippen molar-refractivity contribution < 1.29 is 52.7 Å². The molecule has 2 unspecified atom stereocenters. The summed E-state index contributed by atoms with van der Waals surface area (Å²) in [6, 6.07) is 3.21. The van der Waals surface area contributed by atoms with E-state index in [9.17, 15) is 24.3 Å². The lowest BCUT2D eigenvalue weighted by Crippen LogP contribution is -2.42. The number of nitrogens with one attached hydrogen (secondary N) is 1. The van der Waals surface area contributed by atoms with Crippen molar-refractivity contribution in [3.63, 3.8) is 0 Å². The minimum Gasteiger partial charge on any atom is -0.480 e. The predicted octanol–water partition coefficient (Wildman–Crippen LogP) is 6.27. The summed E-state index contributed by atoms with van der Waals surface area (Å²) in [5.74, 6) is -1.22. The highest BCUT2D eigenvalue weighted by Gasteiger charge is 2.27. The third kappa shape index (κ3) is 13.9. The van der Waals surface area contributed by atoms with Crippen molar-refractivity contribution >= 4 is 24.4 Å². The van der Waals surface area contributed by atoms with Gasteiger partial charge < -0.3 is 38.8 Å². The number of carboxylic acid groups (broad SMARTS) is 1. The van der Waals surface area contributed by atoms with Gasteiger partial charge in [0.15, 0.2) is 11.5 Å². The van der Waals surface area contributed by atoms with Crippen LogP contribution in [0.1, 0.15) is 87.1 Å². The third-order valence-electron chi connectivity index (χ3n) is 6.69. The molecule has 238 valence electrons. The standard InChI is InChI=1S/C30H47NO11/c1-10-19(4)18-37-26(34)38-20(5)17-31-22(25(32)33)15-21-13-14-23(39-27(35)41-29(6,7)11-2)24(16-21)40-28(36)42-30(8,9)12-3/h13-14,16,19-20,22,31H,10-12,15,17-18H2,1-9H3,(H,32,33)/t19?,20?,22-/m0/s1. The molecule has 0 saturated carbocycles. The van der Waals surface area contributed by atoms with Gasteiger partial charge in [0.1, 0.15) is 23.3 Å². The molecule has 0 bridgehead atoms. The fraction of sp³-hybridized carbons (Fsp3) is 0.667. The molecule has 0 aliphatic rings. The largest absolute Gasteiger partial charge is 0.514 e. The van der Waals surface area contributed by atoms with Gasteiger partial charge in [-0.1, -0.05) is 40.2 Å². The molecule has 1 rings (SSSR count). The van der Waals surface area contributed by atoms with Crippen LogP contribution < -0.4 is 14.8 Å². The molecule has 0 aromatic heterocycles. The van der Waals surface area contributed by atoms with Gasteiger partial charge in [-0.3, -0.25) is 4.79 Å². The number of carbonyl (C=O) groups excluding carboxylic acids is 3. The number of aliphatic carboxylic acids is 1. The Morgan fingerprint density at radius 1 is 0.857 bits per heavy atom. The van der Waals surface area contributed by atoms with Crippen LogP contribution in [0.3, 0.4) is 0 Å². The molecule has 1 aromatic carbocycles. The second-order valence-electron chi connectivity index (χ2n) is 11.4. The van der Waals surface area contributed by atoms with E-state index in [1.807, 2.05) is 27.7 Å². The number of rotatable bonds is 16. The highest BCUT2D eigenvalue weighted by atomic mass is 16.8. The van der Waals surface area contributed by atoms with Crippen molar-refractivity contribution in [2.75, 3.05) is 13.2 Å². The first-order chi connectivity index (χ1) is 19.5. The summed E-state index contributed by atoms with van der Waals surface area (Å²) in [5, 5.41) is 12.6. The lowest BCUT2D eigenvalue weighted by Gasteiger charge is -2.24. The smallest absolute Gasteiger partial charge is 0.480 e. The maximum absolute atomic E-state index is 12.5. The van der Waals surface area contributed by atoms with Gasteiger partial charge in [0.05, 0.1) is 6.61 Å². The SMILES string of the molecule is CCC(C)COC(=O)OC(C)CN[C@@H](Cc1ccc(OC(=O)OC(C)(C)CC)c(OC(=O)OC(C)(C)CC)c1)C(=O)O. The van der Waals surface area contributed by atoms with E-state index in [-0.39, 0.29) is 37.0 Å². The quantitative estimate of drug-likeness (QED) is 0.125. The van der Waals surface area contributed by atoms with Crippen LogP contribution in [0.2, 0.25) is 0 Å². The van der Waals surface area contributed by atoms with E-state index in [1.165, 1.54) is 18.2 Å². The molecule has 0 amide bonds. The Morgan fingerprint density at radius 2 is 1.40 bits per heavy atom. The van der Waals surface area contributed by atoms with Gasteiger partial charge in [0.25, 0.3) is 0 Å². The molecule has 2 N–H and O–H groups in total. The summed E-state index contributed by atoms with van der Waals surface area (Å²) in [5.41, 5.74) is -1.14. The predicted molar refractivity (Wildman–Crippen MR) is 154 cm³/mol. The van der Waals surface area contributed by atoms with E-state index in [1.54, 1.807) is 34.6 Å². The van der Waals surface area contributed by atoms with Gasteiger partial charge in [0, 0.05) is 6.54 Å². The normalized spacial score (nSPS) is 13.7. The lowest BCUT2D eigenvalue weighted by atomic mass is 10.0. The summed E-state index contributed by atoms with van der Waals surface area (Å²) in [6.07, 6.45) is -1.64. The van der Waals surface area contributed by atoms with E-state index < -0.39 is 47.8 Å². The second kappa shape index (κ2) is 16.8. The van der Waals surface area contributed by atoms with Crippen molar-refractivity contribution in [1.29, 1.82) is 0 Å². The number of hydrogen-bond acceptors (Lipinski definition) is 11. The Balaban J connectivity index is 3.04. The molecule has 42 heavy (non-hydrogen) atoms. The molecule has 0 radical (unpaired) electrons. The number of ether oxygens (including phenoxy) is 6. The molecule has 12 nitrogen and oxygen atoms in total. The highest BCUT2D eigenvalue weighted by molar-refractivity contribution is 5.74. The van der Waals surface area contributed by atoms with Gasteiger partial charge in [-0.05, 0) is 77.5 Å². The summed E-state index contributed by atoms with van der Waals surface area (Å²) in [4.78, 5) is 48.8. The number of benzene rings is 1. The molecular weight excluding hydrogens is 550 g/mol. The Kier molecular flexibility index (Phi) is 14.6. The van der Waals surface area contributed by atoms with Crippen LogP contribution in [0, 0.1) is 5.92 Å². The molecule has 0 aliphatic carbocycles. The average Bonchev–Trinajstić information content (AvgIpc) is 2.90. The van der Waals surface area contributed by atoms with Crippen LogP contribution in [-0.2, 0) is 30.2 Å². The second-order valence-corrected chi connectivity index (χ2v) is 11.4. The van der Waals surface area contributed by atoms with E-state index in [0.29, 0.717) is 18.4 Å². The summed E-state index contributed by atoms with van der Waals surface area (Å²) >= 11 is 0. The zero-order chi connectivity index (χ0) is 32.1. The van der Waals surface area contributed by atoms with Crippen LogP contribution in [0.25, 0.3) is 0 Å². The summed E-state index contributed by atoms with van der Waals surface area (Å²) in [7, 11) is 0. The van der Waals surface area contributed by atoms with Gasteiger partial charge >= 0.3 is 24.4 Å². The molecular formula is C30H47NO11. The lowest BCUT2D eigenvalue weighted by molar-refractivity contribution is -0.139. The van der Waals surface area contributed by atoms with Crippen LogP contribution in [0.4, 0.5) is 14.4 Å². The summed E-state index contributed by atoms with van der Waals surface area (Å²) < 4.78 is 31.6. The third-order valence-corrected chi connectivity index (χ3v) is 6.69. The maximum Gasteiger partial charge on any atom is 0.514 e. The molecule has 12 heteroatoms. The fourth-order valence-electron chi connectivity index (χ4n) is 3.02.